The third-order valence-electron chi connectivity index (χ3n) is 4.56. The molecule has 0 atom stereocenters. The zero-order chi connectivity index (χ0) is 19.1. The van der Waals surface area contributed by atoms with Gasteiger partial charge in [-0.2, -0.15) is 0 Å². The van der Waals surface area contributed by atoms with Gasteiger partial charge < -0.3 is 15.2 Å². The van der Waals surface area contributed by atoms with E-state index in [9.17, 15) is 14.7 Å². The van der Waals surface area contributed by atoms with Crippen LogP contribution >= 0.6 is 0 Å². The van der Waals surface area contributed by atoms with E-state index < -0.39 is 17.5 Å². The summed E-state index contributed by atoms with van der Waals surface area (Å²) in [5, 5.41) is 12.0. The van der Waals surface area contributed by atoms with Crippen molar-refractivity contribution in [3.8, 4) is 11.8 Å². The standard InChI is InChI=1S/C22H21NO4/c24-20(25)22(13-14-22)19-11-9-17(10-12-19)6-4-5-15-23-21(26)27-16-18-7-2-1-3-8-18/h1-3,7-12H,5,13-16H2,(H,23,26)(H,24,25). The SMILES string of the molecule is O=C(NCCC#Cc1ccc(C2(C(=O)O)CC2)cc1)OCc1ccccc1. The maximum Gasteiger partial charge on any atom is 0.407 e. The maximum absolute atomic E-state index is 11.6. The number of rotatable bonds is 6. The number of carbonyl (C=O) groups is 2. The summed E-state index contributed by atoms with van der Waals surface area (Å²) in [5.74, 6) is 5.25. The molecule has 27 heavy (non-hydrogen) atoms. The van der Waals surface area contributed by atoms with E-state index in [2.05, 4.69) is 17.2 Å². The highest BCUT2D eigenvalue weighted by Gasteiger charge is 2.51. The molecule has 2 N–H and O–H groups in total. The summed E-state index contributed by atoms with van der Waals surface area (Å²) in [6, 6.07) is 16.8. The Bertz CT molecular complexity index is 859. The normalized spacial score (nSPS) is 13.8. The lowest BCUT2D eigenvalue weighted by molar-refractivity contribution is -0.140. The van der Waals surface area contributed by atoms with Crippen LogP contribution in [-0.4, -0.2) is 23.7 Å². The van der Waals surface area contributed by atoms with E-state index in [1.165, 1.54) is 0 Å². The quantitative estimate of drug-likeness (QED) is 0.609. The van der Waals surface area contributed by atoms with Gasteiger partial charge in [-0.25, -0.2) is 4.79 Å². The van der Waals surface area contributed by atoms with Crippen molar-refractivity contribution in [2.45, 2.75) is 31.3 Å². The number of carboxylic acids is 1. The summed E-state index contributed by atoms with van der Waals surface area (Å²) in [7, 11) is 0. The lowest BCUT2D eigenvalue weighted by Crippen LogP contribution is -2.24. The summed E-state index contributed by atoms with van der Waals surface area (Å²) in [5.41, 5.74) is 1.91. The Morgan fingerprint density at radius 1 is 1.07 bits per heavy atom. The van der Waals surface area contributed by atoms with E-state index in [0.717, 1.165) is 16.7 Å². The first kappa shape index (κ1) is 18.5. The molecule has 0 aromatic heterocycles. The van der Waals surface area contributed by atoms with Gasteiger partial charge in [0.2, 0.25) is 0 Å². The Labute approximate surface area is 158 Å². The maximum atomic E-state index is 11.6. The number of ether oxygens (including phenoxy) is 1. The monoisotopic (exact) mass is 363 g/mol. The Morgan fingerprint density at radius 3 is 2.41 bits per heavy atom. The Kier molecular flexibility index (Phi) is 5.77. The predicted molar refractivity (Wildman–Crippen MR) is 101 cm³/mol. The van der Waals surface area contributed by atoms with Crippen molar-refractivity contribution in [2.75, 3.05) is 6.54 Å². The molecule has 0 saturated heterocycles. The molecule has 1 aliphatic rings. The predicted octanol–water partition coefficient (Wildman–Crippen LogP) is 3.47. The second-order valence-electron chi connectivity index (χ2n) is 6.50. The van der Waals surface area contributed by atoms with E-state index in [4.69, 9.17) is 4.74 Å². The topological polar surface area (TPSA) is 75.6 Å². The van der Waals surface area contributed by atoms with Crippen LogP contribution in [0.2, 0.25) is 0 Å². The lowest BCUT2D eigenvalue weighted by atomic mass is 9.95. The first-order valence-corrected chi connectivity index (χ1v) is 8.87. The van der Waals surface area contributed by atoms with Crippen molar-refractivity contribution >= 4 is 12.1 Å². The van der Waals surface area contributed by atoms with Crippen LogP contribution in [-0.2, 0) is 21.6 Å². The van der Waals surface area contributed by atoms with E-state index in [-0.39, 0.29) is 6.61 Å². The summed E-state index contributed by atoms with van der Waals surface area (Å²) in [6.45, 7) is 0.642. The summed E-state index contributed by atoms with van der Waals surface area (Å²) >= 11 is 0. The van der Waals surface area contributed by atoms with Crippen molar-refractivity contribution in [3.63, 3.8) is 0 Å². The van der Waals surface area contributed by atoms with Gasteiger partial charge in [0.25, 0.3) is 0 Å². The highest BCUT2D eigenvalue weighted by molar-refractivity contribution is 5.84. The van der Waals surface area contributed by atoms with Crippen molar-refractivity contribution < 1.29 is 19.4 Å². The second kappa shape index (κ2) is 8.41. The molecule has 1 amide bonds. The van der Waals surface area contributed by atoms with Crippen LogP contribution in [0.25, 0.3) is 0 Å². The van der Waals surface area contributed by atoms with Gasteiger partial charge in [-0.15, -0.1) is 0 Å². The molecule has 138 valence electrons. The van der Waals surface area contributed by atoms with Gasteiger partial charge in [0, 0.05) is 18.5 Å². The molecule has 1 aliphatic carbocycles. The van der Waals surface area contributed by atoms with Crippen molar-refractivity contribution in [3.05, 3.63) is 71.3 Å². The van der Waals surface area contributed by atoms with Gasteiger partial charge in [0.15, 0.2) is 0 Å². The molecule has 0 aliphatic heterocycles. The van der Waals surface area contributed by atoms with E-state index >= 15 is 0 Å². The number of aliphatic carboxylic acids is 1. The zero-order valence-corrected chi connectivity index (χ0v) is 14.9. The van der Waals surface area contributed by atoms with Crippen LogP contribution in [0.3, 0.4) is 0 Å². The minimum atomic E-state index is -0.758. The van der Waals surface area contributed by atoms with E-state index in [0.29, 0.717) is 25.8 Å². The van der Waals surface area contributed by atoms with Gasteiger partial charge in [-0.1, -0.05) is 54.3 Å². The average molecular weight is 363 g/mol. The molecular formula is C22H21NO4. The Hall–Kier alpha value is -3.26. The van der Waals surface area contributed by atoms with Crippen LogP contribution in [0.15, 0.2) is 54.6 Å². The van der Waals surface area contributed by atoms with Crippen LogP contribution in [0, 0.1) is 11.8 Å². The van der Waals surface area contributed by atoms with Crippen LogP contribution in [0.1, 0.15) is 36.0 Å². The van der Waals surface area contributed by atoms with Crippen LogP contribution in [0.4, 0.5) is 4.79 Å². The highest BCUT2D eigenvalue weighted by Crippen LogP contribution is 2.48. The molecule has 0 heterocycles. The molecular weight excluding hydrogens is 342 g/mol. The molecule has 0 unspecified atom stereocenters. The number of benzene rings is 2. The lowest BCUT2D eigenvalue weighted by Gasteiger charge is -2.09. The largest absolute Gasteiger partial charge is 0.481 e. The summed E-state index contributed by atoms with van der Waals surface area (Å²) in [4.78, 5) is 22.9. The Morgan fingerprint density at radius 2 is 1.78 bits per heavy atom. The first-order chi connectivity index (χ1) is 13.1. The smallest absolute Gasteiger partial charge is 0.407 e. The van der Waals surface area contributed by atoms with Gasteiger partial charge in [0.05, 0.1) is 5.41 Å². The second-order valence-corrected chi connectivity index (χ2v) is 6.50. The molecule has 5 nitrogen and oxygen atoms in total. The fourth-order valence-corrected chi connectivity index (χ4v) is 2.79. The van der Waals surface area contributed by atoms with Gasteiger partial charge in [-0.3, -0.25) is 4.79 Å². The van der Waals surface area contributed by atoms with Gasteiger partial charge in [0.1, 0.15) is 6.61 Å². The highest BCUT2D eigenvalue weighted by atomic mass is 16.5. The van der Waals surface area contributed by atoms with Gasteiger partial charge >= 0.3 is 12.1 Å². The number of alkyl carbamates (subject to hydrolysis) is 1. The van der Waals surface area contributed by atoms with E-state index in [1.54, 1.807) is 0 Å². The Balaban J connectivity index is 1.39. The van der Waals surface area contributed by atoms with Crippen molar-refractivity contribution in [2.24, 2.45) is 0 Å². The molecule has 5 heteroatoms. The fourth-order valence-electron chi connectivity index (χ4n) is 2.79. The first-order valence-electron chi connectivity index (χ1n) is 8.87. The number of nitrogens with one attached hydrogen (secondary N) is 1. The van der Waals surface area contributed by atoms with Crippen molar-refractivity contribution in [1.82, 2.24) is 5.32 Å². The number of hydrogen-bond acceptors (Lipinski definition) is 3. The molecule has 0 spiro atoms. The molecule has 2 aromatic rings. The molecule has 3 rings (SSSR count). The molecule has 0 radical (unpaired) electrons. The molecule has 2 aromatic carbocycles. The minimum absolute atomic E-state index is 0.239. The number of hydrogen-bond donors (Lipinski definition) is 2. The fraction of sp³-hybridized carbons (Fsp3) is 0.273. The third-order valence-corrected chi connectivity index (χ3v) is 4.56. The molecule has 1 fully saturated rings. The van der Waals surface area contributed by atoms with Gasteiger partial charge in [-0.05, 0) is 36.1 Å². The average Bonchev–Trinajstić information content (AvgIpc) is 3.50. The minimum Gasteiger partial charge on any atom is -0.481 e. The zero-order valence-electron chi connectivity index (χ0n) is 14.9. The van der Waals surface area contributed by atoms with Crippen LogP contribution < -0.4 is 5.32 Å². The van der Waals surface area contributed by atoms with Crippen LogP contribution in [0.5, 0.6) is 0 Å². The number of amides is 1. The third kappa shape index (κ3) is 4.89. The number of carbonyl (C=O) groups excluding carboxylic acids is 1. The summed E-state index contributed by atoms with van der Waals surface area (Å²) < 4.78 is 5.12. The number of carboxylic acid groups (broad SMARTS) is 1. The van der Waals surface area contributed by atoms with Crippen molar-refractivity contribution in [1.29, 1.82) is 0 Å². The van der Waals surface area contributed by atoms with E-state index in [1.807, 2.05) is 54.6 Å². The summed E-state index contributed by atoms with van der Waals surface area (Å²) in [6.07, 6.45) is 1.42. The molecule has 1 saturated carbocycles. The molecule has 0 bridgehead atoms.